The molecular weight excluding hydrogens is 365 g/mol. The number of piperidine rings is 1. The van der Waals surface area contributed by atoms with Crippen LogP contribution in [0.25, 0.3) is 0 Å². The Balaban J connectivity index is 1.33. The summed E-state index contributed by atoms with van der Waals surface area (Å²) in [5, 5.41) is 4.77. The second-order valence-corrected chi connectivity index (χ2v) is 8.03. The van der Waals surface area contributed by atoms with Gasteiger partial charge in [0.1, 0.15) is 3.70 Å². The zero-order chi connectivity index (χ0) is 13.3. The number of halogens is 1. The highest BCUT2D eigenvalue weighted by atomic mass is 127. The smallest absolute Gasteiger partial charge is 0.123 e. The zero-order valence-corrected chi connectivity index (χ0v) is 13.7. The molecule has 20 heavy (non-hydrogen) atoms. The van der Waals surface area contributed by atoms with E-state index < -0.39 is 0 Å². The van der Waals surface area contributed by atoms with Gasteiger partial charge in [0.25, 0.3) is 0 Å². The first-order chi connectivity index (χ1) is 9.81. The van der Waals surface area contributed by atoms with E-state index in [2.05, 4.69) is 38.2 Å². The Labute approximate surface area is 133 Å². The van der Waals surface area contributed by atoms with Gasteiger partial charge in [0.05, 0.1) is 25.3 Å². The molecule has 0 spiro atoms. The molecule has 0 radical (unpaired) electrons. The van der Waals surface area contributed by atoms with Gasteiger partial charge in [0.15, 0.2) is 0 Å². The predicted octanol–water partition coefficient (Wildman–Crippen LogP) is 2.26. The first-order valence-electron chi connectivity index (χ1n) is 7.88. The van der Waals surface area contributed by atoms with E-state index in [4.69, 9.17) is 9.84 Å². The fourth-order valence-electron chi connectivity index (χ4n) is 4.28. The van der Waals surface area contributed by atoms with E-state index >= 15 is 0 Å². The van der Waals surface area contributed by atoms with Gasteiger partial charge >= 0.3 is 0 Å². The zero-order valence-electron chi connectivity index (χ0n) is 11.5. The number of ether oxygens (including phenoxy) is 1. The minimum atomic E-state index is 0.700. The van der Waals surface area contributed by atoms with Gasteiger partial charge in [0, 0.05) is 24.7 Å². The summed E-state index contributed by atoms with van der Waals surface area (Å²) in [6.07, 6.45) is 4.05. The van der Waals surface area contributed by atoms with Crippen LogP contribution in [0.5, 0.6) is 0 Å². The average molecular weight is 385 g/mol. The van der Waals surface area contributed by atoms with Crippen LogP contribution in [0, 0.1) is 15.5 Å². The van der Waals surface area contributed by atoms with Crippen LogP contribution in [0.4, 0.5) is 0 Å². The number of hydrogen-bond acceptors (Lipinski definition) is 3. The Hall–Kier alpha value is -0.140. The first-order valence-corrected chi connectivity index (χ1v) is 8.96. The largest absolute Gasteiger partial charge is 0.378 e. The maximum Gasteiger partial charge on any atom is 0.123 e. The van der Waals surface area contributed by atoms with Gasteiger partial charge < -0.3 is 4.74 Å². The molecule has 0 bridgehead atoms. The molecule has 5 rings (SSSR count). The van der Waals surface area contributed by atoms with E-state index in [0.717, 1.165) is 37.0 Å². The lowest BCUT2D eigenvalue weighted by atomic mass is 9.93. The lowest BCUT2D eigenvalue weighted by molar-refractivity contribution is -0.0610. The van der Waals surface area contributed by atoms with Gasteiger partial charge in [-0.2, -0.15) is 5.10 Å². The van der Waals surface area contributed by atoms with Crippen molar-refractivity contribution in [2.24, 2.45) is 11.8 Å². The molecule has 0 amide bonds. The number of fused-ring (bicyclic) bond motifs is 1. The average Bonchev–Trinajstić information content (AvgIpc) is 2.66. The standard InChI is InChI=1S/C15H20IN3O/c16-14-4-13(19(17-14)9-2-1-3-9)15-11-5-18(6-12(11)15)10-7-20-8-10/h4,9-12,15H,1-3,5-8H2/t11-,12+,15?. The van der Waals surface area contributed by atoms with Crippen molar-refractivity contribution in [2.75, 3.05) is 26.3 Å². The molecule has 2 aliphatic heterocycles. The molecule has 2 saturated carbocycles. The number of aromatic nitrogens is 2. The van der Waals surface area contributed by atoms with Gasteiger partial charge in [-0.25, -0.2) is 0 Å². The minimum absolute atomic E-state index is 0.700. The van der Waals surface area contributed by atoms with Gasteiger partial charge in [-0.15, -0.1) is 0 Å². The van der Waals surface area contributed by atoms with E-state index in [0.29, 0.717) is 6.04 Å². The molecule has 3 atom stereocenters. The second-order valence-electron chi connectivity index (χ2n) is 6.92. The highest BCUT2D eigenvalue weighted by Crippen LogP contribution is 2.59. The highest BCUT2D eigenvalue weighted by Gasteiger charge is 2.59. The minimum Gasteiger partial charge on any atom is -0.378 e. The number of rotatable bonds is 3. The monoisotopic (exact) mass is 385 g/mol. The summed E-state index contributed by atoms with van der Waals surface area (Å²) in [4.78, 5) is 2.66. The van der Waals surface area contributed by atoms with Crippen molar-refractivity contribution < 1.29 is 4.74 Å². The van der Waals surface area contributed by atoms with Crippen LogP contribution in [0.15, 0.2) is 6.07 Å². The SMILES string of the molecule is Ic1cc(C2[C@H]3CN(C4COC4)C[C@@H]23)n(C2CCC2)n1. The summed E-state index contributed by atoms with van der Waals surface area (Å²) in [7, 11) is 0. The summed E-state index contributed by atoms with van der Waals surface area (Å²) < 4.78 is 8.89. The van der Waals surface area contributed by atoms with Crippen LogP contribution in [0.2, 0.25) is 0 Å². The molecule has 0 N–H and O–H groups in total. The predicted molar refractivity (Wildman–Crippen MR) is 83.7 cm³/mol. The Morgan fingerprint density at radius 1 is 1.15 bits per heavy atom. The molecule has 1 aromatic heterocycles. The quantitative estimate of drug-likeness (QED) is 0.748. The summed E-state index contributed by atoms with van der Waals surface area (Å²) in [5.74, 6) is 2.58. The fourth-order valence-corrected chi connectivity index (χ4v) is 4.83. The van der Waals surface area contributed by atoms with E-state index in [1.165, 1.54) is 36.1 Å². The first kappa shape index (κ1) is 12.4. The van der Waals surface area contributed by atoms with E-state index in [1.54, 1.807) is 5.69 Å². The van der Waals surface area contributed by atoms with Crippen LogP contribution >= 0.6 is 22.6 Å². The topological polar surface area (TPSA) is 30.3 Å². The summed E-state index contributed by atoms with van der Waals surface area (Å²) in [5.41, 5.74) is 1.54. The van der Waals surface area contributed by atoms with Gasteiger partial charge in [-0.05, 0) is 59.8 Å². The van der Waals surface area contributed by atoms with Crippen LogP contribution in [0.3, 0.4) is 0 Å². The summed E-state index contributed by atoms with van der Waals surface area (Å²) in [6.45, 7) is 4.50. The Kier molecular flexibility index (Phi) is 2.75. The van der Waals surface area contributed by atoms with Crippen molar-refractivity contribution in [3.8, 4) is 0 Å². The molecule has 2 aliphatic carbocycles. The van der Waals surface area contributed by atoms with Crippen molar-refractivity contribution >= 4 is 22.6 Å². The Morgan fingerprint density at radius 2 is 1.90 bits per heavy atom. The van der Waals surface area contributed by atoms with Crippen molar-refractivity contribution in [1.29, 1.82) is 0 Å². The molecule has 5 heteroatoms. The van der Waals surface area contributed by atoms with E-state index in [1.807, 2.05) is 0 Å². The molecule has 4 nitrogen and oxygen atoms in total. The van der Waals surface area contributed by atoms with Crippen molar-refractivity contribution in [2.45, 2.75) is 37.3 Å². The van der Waals surface area contributed by atoms with Crippen LogP contribution < -0.4 is 0 Å². The molecule has 1 aromatic rings. The molecule has 0 aromatic carbocycles. The number of hydrogen-bond donors (Lipinski definition) is 0. The van der Waals surface area contributed by atoms with Gasteiger partial charge in [-0.3, -0.25) is 9.58 Å². The molecule has 108 valence electrons. The molecule has 2 saturated heterocycles. The maximum absolute atomic E-state index is 5.33. The van der Waals surface area contributed by atoms with Crippen molar-refractivity contribution in [3.05, 3.63) is 15.5 Å². The van der Waals surface area contributed by atoms with E-state index in [-0.39, 0.29) is 0 Å². The van der Waals surface area contributed by atoms with E-state index in [9.17, 15) is 0 Å². The maximum atomic E-state index is 5.33. The van der Waals surface area contributed by atoms with Gasteiger partial charge in [0.2, 0.25) is 0 Å². The molecular formula is C15H20IN3O. The third kappa shape index (κ3) is 1.75. The lowest BCUT2D eigenvalue weighted by Crippen LogP contribution is -2.48. The van der Waals surface area contributed by atoms with Crippen molar-refractivity contribution in [1.82, 2.24) is 14.7 Å². The van der Waals surface area contributed by atoms with Crippen LogP contribution in [-0.2, 0) is 4.74 Å². The Morgan fingerprint density at radius 3 is 2.45 bits per heavy atom. The molecule has 3 heterocycles. The lowest BCUT2D eigenvalue weighted by Gasteiger charge is -2.36. The third-order valence-electron chi connectivity index (χ3n) is 5.86. The van der Waals surface area contributed by atoms with Gasteiger partial charge in [-0.1, -0.05) is 0 Å². The van der Waals surface area contributed by atoms with Crippen LogP contribution in [0.1, 0.15) is 36.9 Å². The Bertz CT molecular complexity index is 525. The summed E-state index contributed by atoms with van der Waals surface area (Å²) in [6, 6.07) is 3.77. The molecule has 4 fully saturated rings. The fraction of sp³-hybridized carbons (Fsp3) is 0.800. The highest BCUT2D eigenvalue weighted by molar-refractivity contribution is 14.1. The normalized spacial score (nSPS) is 37.5. The van der Waals surface area contributed by atoms with Crippen molar-refractivity contribution in [3.63, 3.8) is 0 Å². The second kappa shape index (κ2) is 4.43. The number of nitrogens with zero attached hydrogens (tertiary/aromatic N) is 3. The summed E-state index contributed by atoms with van der Waals surface area (Å²) >= 11 is 2.38. The van der Waals surface area contributed by atoms with Crippen LogP contribution in [-0.4, -0.2) is 47.0 Å². The third-order valence-corrected chi connectivity index (χ3v) is 6.38. The molecule has 1 unspecified atom stereocenters. The molecule has 4 aliphatic rings. The number of likely N-dealkylation sites (tertiary alicyclic amines) is 1.